The highest BCUT2D eigenvalue weighted by Crippen LogP contribution is 2.25. The lowest BCUT2D eigenvalue weighted by Gasteiger charge is -2.07. The molecule has 5 nitrogen and oxygen atoms in total. The fourth-order valence-electron chi connectivity index (χ4n) is 1.83. The van der Waals surface area contributed by atoms with Gasteiger partial charge >= 0.3 is 5.97 Å². The molecule has 0 fully saturated rings. The van der Waals surface area contributed by atoms with Gasteiger partial charge in [-0.05, 0) is 18.2 Å². The van der Waals surface area contributed by atoms with Crippen molar-refractivity contribution in [2.24, 2.45) is 0 Å². The Bertz CT molecular complexity index is 704. The van der Waals surface area contributed by atoms with Crippen molar-refractivity contribution in [3.8, 4) is 11.5 Å². The number of hydrogen-bond donors (Lipinski definition) is 2. The maximum absolute atomic E-state index is 12.2. The molecule has 0 saturated carbocycles. The summed E-state index contributed by atoms with van der Waals surface area (Å²) in [6.07, 6.45) is 2.30. The van der Waals surface area contributed by atoms with E-state index in [1.807, 2.05) is 0 Å². The summed E-state index contributed by atoms with van der Waals surface area (Å²) in [5, 5.41) is 18.4. The average Bonchev–Trinajstić information content (AvgIpc) is 2.52. The van der Waals surface area contributed by atoms with E-state index in [1.165, 1.54) is 18.2 Å². The molecule has 2 rings (SSSR count). The molecule has 0 heterocycles. The lowest BCUT2D eigenvalue weighted by atomic mass is 10.0. The minimum absolute atomic E-state index is 0.0533. The smallest absolute Gasteiger partial charge is 0.328 e. The number of benzene rings is 2. The van der Waals surface area contributed by atoms with Crippen LogP contribution in [-0.4, -0.2) is 28.6 Å². The molecule has 0 aliphatic rings. The molecule has 5 heteroatoms. The summed E-state index contributed by atoms with van der Waals surface area (Å²) in [5.41, 5.74) is 0.662. The number of aromatic hydroxyl groups is 1. The molecule has 112 valence electrons. The highest BCUT2D eigenvalue weighted by atomic mass is 16.5. The Morgan fingerprint density at radius 3 is 2.45 bits per heavy atom. The quantitative estimate of drug-likeness (QED) is 0.632. The van der Waals surface area contributed by atoms with Gasteiger partial charge in [0, 0.05) is 17.7 Å². The third-order valence-electron chi connectivity index (χ3n) is 2.86. The van der Waals surface area contributed by atoms with E-state index >= 15 is 0 Å². The Balaban J connectivity index is 2.10. The summed E-state index contributed by atoms with van der Waals surface area (Å²) in [6.45, 7) is 0.0533. The summed E-state index contributed by atoms with van der Waals surface area (Å²) in [7, 11) is 0. The van der Waals surface area contributed by atoms with Crippen molar-refractivity contribution in [2.75, 3.05) is 6.61 Å². The third-order valence-corrected chi connectivity index (χ3v) is 2.86. The fraction of sp³-hybridized carbons (Fsp3) is 0.0588. The minimum Gasteiger partial charge on any atom is -0.507 e. The van der Waals surface area contributed by atoms with Crippen LogP contribution in [0.1, 0.15) is 15.9 Å². The second-order valence-electron chi connectivity index (χ2n) is 4.43. The van der Waals surface area contributed by atoms with Crippen molar-refractivity contribution in [3.05, 3.63) is 71.8 Å². The van der Waals surface area contributed by atoms with Gasteiger partial charge in [0.1, 0.15) is 18.1 Å². The van der Waals surface area contributed by atoms with Crippen molar-refractivity contribution < 1.29 is 24.5 Å². The zero-order chi connectivity index (χ0) is 15.9. The van der Waals surface area contributed by atoms with Gasteiger partial charge in [0.2, 0.25) is 0 Å². The lowest BCUT2D eigenvalue weighted by molar-refractivity contribution is -0.131. The van der Waals surface area contributed by atoms with E-state index in [2.05, 4.69) is 0 Å². The van der Waals surface area contributed by atoms with Crippen molar-refractivity contribution in [1.29, 1.82) is 0 Å². The van der Waals surface area contributed by atoms with E-state index in [4.69, 9.17) is 9.84 Å². The van der Waals surface area contributed by atoms with E-state index in [1.54, 1.807) is 36.4 Å². The van der Waals surface area contributed by atoms with Gasteiger partial charge in [0.05, 0.1) is 5.56 Å². The highest BCUT2D eigenvalue weighted by molar-refractivity contribution is 6.10. The molecule has 0 aromatic heterocycles. The number of ketones is 1. The van der Waals surface area contributed by atoms with Gasteiger partial charge in [-0.1, -0.05) is 30.3 Å². The Hall–Kier alpha value is -3.08. The first-order valence-electron chi connectivity index (χ1n) is 6.53. The van der Waals surface area contributed by atoms with Crippen molar-refractivity contribution in [3.63, 3.8) is 0 Å². The van der Waals surface area contributed by atoms with Crippen LogP contribution < -0.4 is 4.74 Å². The molecule has 22 heavy (non-hydrogen) atoms. The normalized spacial score (nSPS) is 10.5. The summed E-state index contributed by atoms with van der Waals surface area (Å²) in [4.78, 5) is 22.5. The summed E-state index contributed by atoms with van der Waals surface area (Å²) in [6, 6.07) is 13.0. The molecule has 0 atom stereocenters. The Labute approximate surface area is 127 Å². The van der Waals surface area contributed by atoms with Crippen LogP contribution in [-0.2, 0) is 4.79 Å². The van der Waals surface area contributed by atoms with Crippen molar-refractivity contribution in [1.82, 2.24) is 0 Å². The second kappa shape index (κ2) is 7.08. The molecule has 0 aliphatic heterocycles. The summed E-state index contributed by atoms with van der Waals surface area (Å²) < 4.78 is 5.26. The van der Waals surface area contributed by atoms with E-state index in [0.29, 0.717) is 11.3 Å². The first-order valence-corrected chi connectivity index (χ1v) is 6.53. The monoisotopic (exact) mass is 298 g/mol. The first-order chi connectivity index (χ1) is 10.6. The van der Waals surface area contributed by atoms with Gasteiger partial charge < -0.3 is 14.9 Å². The van der Waals surface area contributed by atoms with Crippen LogP contribution in [0.5, 0.6) is 11.5 Å². The number of phenolic OH excluding ortho intramolecular Hbond substituents is 1. The molecule has 2 aromatic rings. The van der Waals surface area contributed by atoms with Crippen LogP contribution in [0.2, 0.25) is 0 Å². The molecule has 0 amide bonds. The standard InChI is InChI=1S/C17H14O5/c18-15-11-13(22-10-4-7-16(19)20)8-9-14(15)17(21)12-5-2-1-3-6-12/h1-9,11,18H,10H2,(H,19,20). The zero-order valence-corrected chi connectivity index (χ0v) is 11.6. The van der Waals surface area contributed by atoms with Gasteiger partial charge in [0.25, 0.3) is 0 Å². The van der Waals surface area contributed by atoms with E-state index in [9.17, 15) is 14.7 Å². The summed E-state index contributed by atoms with van der Waals surface area (Å²) >= 11 is 0. The van der Waals surface area contributed by atoms with Gasteiger partial charge in [-0.2, -0.15) is 0 Å². The number of ether oxygens (including phenoxy) is 1. The largest absolute Gasteiger partial charge is 0.507 e. The number of hydrogen-bond acceptors (Lipinski definition) is 4. The number of carboxylic acids is 1. The Morgan fingerprint density at radius 1 is 1.09 bits per heavy atom. The number of rotatable bonds is 6. The number of carbonyl (C=O) groups is 2. The van der Waals surface area contributed by atoms with Crippen molar-refractivity contribution in [2.45, 2.75) is 0 Å². The SMILES string of the molecule is O=C(O)C=CCOc1ccc(C(=O)c2ccccc2)c(O)c1. The highest BCUT2D eigenvalue weighted by Gasteiger charge is 2.13. The molecule has 0 radical (unpaired) electrons. The molecule has 0 bridgehead atoms. The lowest BCUT2D eigenvalue weighted by Crippen LogP contribution is -2.02. The number of carboxylic acid groups (broad SMARTS) is 1. The second-order valence-corrected chi connectivity index (χ2v) is 4.43. The topological polar surface area (TPSA) is 83.8 Å². The molecular weight excluding hydrogens is 284 g/mol. The van der Waals surface area contributed by atoms with Crippen LogP contribution in [0, 0.1) is 0 Å². The van der Waals surface area contributed by atoms with Crippen molar-refractivity contribution >= 4 is 11.8 Å². The molecule has 0 aliphatic carbocycles. The summed E-state index contributed by atoms with van der Waals surface area (Å²) in [5.74, 6) is -1.18. The maximum atomic E-state index is 12.2. The van der Waals surface area contributed by atoms with Gasteiger partial charge in [-0.3, -0.25) is 4.79 Å². The number of carbonyl (C=O) groups excluding carboxylic acids is 1. The predicted octanol–water partition coefficient (Wildman–Crippen LogP) is 2.64. The van der Waals surface area contributed by atoms with E-state index in [-0.39, 0.29) is 23.7 Å². The molecule has 0 saturated heterocycles. The molecule has 2 aromatic carbocycles. The average molecular weight is 298 g/mol. The van der Waals surface area contributed by atoms with Gasteiger partial charge in [-0.25, -0.2) is 4.79 Å². The molecule has 2 N–H and O–H groups in total. The van der Waals surface area contributed by atoms with Gasteiger partial charge in [-0.15, -0.1) is 0 Å². The van der Waals surface area contributed by atoms with Crippen LogP contribution in [0.3, 0.4) is 0 Å². The molecular formula is C17H14O5. The molecule has 0 spiro atoms. The zero-order valence-electron chi connectivity index (χ0n) is 11.6. The number of phenols is 1. The van der Waals surface area contributed by atoms with Gasteiger partial charge in [0.15, 0.2) is 5.78 Å². The minimum atomic E-state index is -1.06. The fourth-order valence-corrected chi connectivity index (χ4v) is 1.83. The molecule has 0 unspecified atom stereocenters. The number of aliphatic carboxylic acids is 1. The van der Waals surface area contributed by atoms with E-state index in [0.717, 1.165) is 6.08 Å². The predicted molar refractivity (Wildman–Crippen MR) is 80.3 cm³/mol. The first kappa shape index (κ1) is 15.3. The van der Waals surface area contributed by atoms with Crippen LogP contribution >= 0.6 is 0 Å². The van der Waals surface area contributed by atoms with E-state index < -0.39 is 5.97 Å². The van der Waals surface area contributed by atoms with Crippen LogP contribution in [0.15, 0.2) is 60.7 Å². The van der Waals surface area contributed by atoms with Crippen LogP contribution in [0.4, 0.5) is 0 Å². The Kier molecular flexibility index (Phi) is 4.93. The Morgan fingerprint density at radius 2 is 1.82 bits per heavy atom. The maximum Gasteiger partial charge on any atom is 0.328 e. The van der Waals surface area contributed by atoms with Crippen LogP contribution in [0.25, 0.3) is 0 Å². The third kappa shape index (κ3) is 3.96.